The number of carbonyl (C=O) groups is 1. The number of piperidine rings is 1. The predicted octanol–water partition coefficient (Wildman–Crippen LogP) is 3.70. The van der Waals surface area contributed by atoms with E-state index in [0.29, 0.717) is 12.3 Å². The molecule has 2 saturated heterocycles. The van der Waals surface area contributed by atoms with Crippen LogP contribution in [0.25, 0.3) is 10.9 Å². The van der Waals surface area contributed by atoms with Crippen molar-refractivity contribution < 1.29 is 13.9 Å². The first-order chi connectivity index (χ1) is 14.2. The highest BCUT2D eigenvalue weighted by molar-refractivity contribution is 5.91. The molecular formula is C23H27N3O3. The van der Waals surface area contributed by atoms with Crippen molar-refractivity contribution in [2.24, 2.45) is 0 Å². The summed E-state index contributed by atoms with van der Waals surface area (Å²) in [5.41, 5.74) is 2.46. The Morgan fingerprint density at radius 1 is 1.17 bits per heavy atom. The van der Waals surface area contributed by atoms with Crippen molar-refractivity contribution in [1.82, 2.24) is 15.2 Å². The van der Waals surface area contributed by atoms with E-state index in [1.165, 1.54) is 22.9 Å². The predicted molar refractivity (Wildman–Crippen MR) is 111 cm³/mol. The van der Waals surface area contributed by atoms with Crippen molar-refractivity contribution in [2.75, 3.05) is 19.6 Å². The normalized spacial score (nSPS) is 21.7. The largest absolute Gasteiger partial charge is 0.459 e. The van der Waals surface area contributed by atoms with Gasteiger partial charge in [0.25, 0.3) is 5.91 Å². The molecule has 1 unspecified atom stereocenters. The molecule has 1 spiro atoms. The van der Waals surface area contributed by atoms with Crippen molar-refractivity contribution in [3.05, 3.63) is 60.2 Å². The highest BCUT2D eigenvalue weighted by Crippen LogP contribution is 2.39. The molecule has 1 atom stereocenters. The summed E-state index contributed by atoms with van der Waals surface area (Å²) in [5, 5.41) is 4.20. The molecule has 0 bridgehead atoms. The molecule has 6 heteroatoms. The summed E-state index contributed by atoms with van der Waals surface area (Å²) in [6.45, 7) is 3.58. The average molecular weight is 393 g/mol. The number of benzene rings is 1. The van der Waals surface area contributed by atoms with Gasteiger partial charge in [0.2, 0.25) is 0 Å². The second kappa shape index (κ2) is 7.69. The van der Waals surface area contributed by atoms with E-state index >= 15 is 0 Å². The van der Waals surface area contributed by atoms with Gasteiger partial charge in [-0.15, -0.1) is 0 Å². The van der Waals surface area contributed by atoms with Crippen LogP contribution in [0.4, 0.5) is 0 Å². The first kappa shape index (κ1) is 18.5. The molecule has 0 aliphatic carbocycles. The maximum atomic E-state index is 12.0. The minimum atomic E-state index is -0.173. The highest BCUT2D eigenvalue weighted by Gasteiger charge is 2.42. The zero-order chi connectivity index (χ0) is 19.7. The maximum Gasteiger partial charge on any atom is 0.287 e. The van der Waals surface area contributed by atoms with E-state index in [2.05, 4.69) is 45.5 Å². The summed E-state index contributed by atoms with van der Waals surface area (Å²) in [5.74, 6) is 0.177. The highest BCUT2D eigenvalue weighted by atomic mass is 16.5. The minimum absolute atomic E-state index is 0.0168. The number of aromatic nitrogens is 1. The molecule has 2 aliphatic heterocycles. The molecule has 4 heterocycles. The number of hydrogen-bond donors (Lipinski definition) is 2. The van der Waals surface area contributed by atoms with Crippen LogP contribution >= 0.6 is 0 Å². The number of ether oxygens (including phenoxy) is 1. The smallest absolute Gasteiger partial charge is 0.287 e. The first-order valence-corrected chi connectivity index (χ1v) is 10.5. The van der Waals surface area contributed by atoms with Crippen LogP contribution in [0.3, 0.4) is 0 Å². The van der Waals surface area contributed by atoms with E-state index in [-0.39, 0.29) is 17.6 Å². The van der Waals surface area contributed by atoms with Crippen LogP contribution in [0, 0.1) is 0 Å². The molecular weight excluding hydrogens is 366 g/mol. The summed E-state index contributed by atoms with van der Waals surface area (Å²) in [7, 11) is 0. The van der Waals surface area contributed by atoms with Gasteiger partial charge in [-0.25, -0.2) is 0 Å². The lowest BCUT2D eigenvalue weighted by molar-refractivity contribution is -0.0765. The van der Waals surface area contributed by atoms with E-state index in [0.717, 1.165) is 45.3 Å². The van der Waals surface area contributed by atoms with Gasteiger partial charge in [-0.3, -0.25) is 9.69 Å². The molecule has 2 aromatic heterocycles. The number of carbonyl (C=O) groups excluding carboxylic acids is 1. The van der Waals surface area contributed by atoms with Crippen LogP contribution in [0.2, 0.25) is 0 Å². The van der Waals surface area contributed by atoms with Crippen LogP contribution < -0.4 is 5.32 Å². The van der Waals surface area contributed by atoms with Crippen LogP contribution in [0.5, 0.6) is 0 Å². The van der Waals surface area contributed by atoms with Gasteiger partial charge >= 0.3 is 0 Å². The van der Waals surface area contributed by atoms with Crippen LogP contribution in [-0.4, -0.2) is 47.1 Å². The molecule has 29 heavy (non-hydrogen) atoms. The lowest BCUT2D eigenvalue weighted by Crippen LogP contribution is -2.44. The second-order valence-electron chi connectivity index (χ2n) is 8.31. The van der Waals surface area contributed by atoms with Gasteiger partial charge in [0.1, 0.15) is 0 Å². The van der Waals surface area contributed by atoms with Crippen molar-refractivity contribution in [3.63, 3.8) is 0 Å². The summed E-state index contributed by atoms with van der Waals surface area (Å²) in [6.07, 6.45) is 5.79. The zero-order valence-electron chi connectivity index (χ0n) is 16.5. The van der Waals surface area contributed by atoms with Gasteiger partial charge in [0.05, 0.1) is 18.0 Å². The number of rotatable bonds is 5. The number of aromatic amines is 1. The molecule has 3 aromatic rings. The Balaban J connectivity index is 1.11. The molecule has 6 nitrogen and oxygen atoms in total. The summed E-state index contributed by atoms with van der Waals surface area (Å²) < 4.78 is 11.6. The number of nitrogens with zero attached hydrogens (tertiary/aromatic N) is 1. The maximum absolute atomic E-state index is 12.0. The number of likely N-dealkylation sites (tertiary alicyclic amines) is 1. The molecule has 2 N–H and O–H groups in total. The van der Waals surface area contributed by atoms with E-state index in [9.17, 15) is 4.79 Å². The lowest BCUT2D eigenvalue weighted by Gasteiger charge is -2.39. The van der Waals surface area contributed by atoms with Crippen molar-refractivity contribution in [3.8, 4) is 0 Å². The fourth-order valence-electron chi connectivity index (χ4n) is 4.69. The average Bonchev–Trinajstić information content (AvgIpc) is 3.48. The number of hydrogen-bond acceptors (Lipinski definition) is 4. The van der Waals surface area contributed by atoms with Gasteiger partial charge in [0, 0.05) is 37.4 Å². The molecule has 0 saturated carbocycles. The van der Waals surface area contributed by atoms with Gasteiger partial charge < -0.3 is 19.5 Å². The lowest BCUT2D eigenvalue weighted by atomic mass is 9.88. The first-order valence-electron chi connectivity index (χ1n) is 10.5. The number of furan rings is 1. The Morgan fingerprint density at radius 3 is 2.83 bits per heavy atom. The standard InChI is InChI=1S/C23H27N3O3/c27-22(21-6-3-13-28-21)24-15-19-7-8-23(29-19)9-11-26(12-10-23)16-18-14-17-4-1-2-5-20(17)25-18/h1-6,13-14,19,25H,7-12,15-16H2,(H,24,27). The molecule has 152 valence electrons. The van der Waals surface area contributed by atoms with Crippen molar-refractivity contribution in [2.45, 2.75) is 43.9 Å². The second-order valence-corrected chi connectivity index (χ2v) is 8.31. The zero-order valence-corrected chi connectivity index (χ0v) is 16.5. The molecule has 5 rings (SSSR count). The Morgan fingerprint density at radius 2 is 2.03 bits per heavy atom. The number of H-pyrrole nitrogens is 1. The van der Waals surface area contributed by atoms with E-state index < -0.39 is 0 Å². The summed E-state index contributed by atoms with van der Waals surface area (Å²) in [4.78, 5) is 18.1. The van der Waals surface area contributed by atoms with Crippen molar-refractivity contribution >= 4 is 16.8 Å². The van der Waals surface area contributed by atoms with Crippen LogP contribution in [0.15, 0.2) is 53.1 Å². The van der Waals surface area contributed by atoms with Crippen LogP contribution in [-0.2, 0) is 11.3 Å². The Labute approximate surface area is 170 Å². The Bertz CT molecular complexity index is 937. The van der Waals surface area contributed by atoms with Gasteiger partial charge in [-0.1, -0.05) is 18.2 Å². The summed E-state index contributed by atoms with van der Waals surface area (Å²) in [6, 6.07) is 14.1. The summed E-state index contributed by atoms with van der Waals surface area (Å²) >= 11 is 0. The third kappa shape index (κ3) is 3.95. The molecule has 1 amide bonds. The topological polar surface area (TPSA) is 70.5 Å². The number of amides is 1. The Kier molecular flexibility index (Phi) is 4.89. The number of nitrogens with one attached hydrogen (secondary N) is 2. The number of para-hydroxylation sites is 1. The van der Waals surface area contributed by atoms with Crippen LogP contribution in [0.1, 0.15) is 41.9 Å². The van der Waals surface area contributed by atoms with E-state index in [1.54, 1.807) is 12.1 Å². The van der Waals surface area contributed by atoms with Gasteiger partial charge in [-0.2, -0.15) is 0 Å². The molecule has 2 aliphatic rings. The quantitative estimate of drug-likeness (QED) is 0.693. The molecule has 1 aromatic carbocycles. The number of fused-ring (bicyclic) bond motifs is 1. The molecule has 2 fully saturated rings. The van der Waals surface area contributed by atoms with E-state index in [4.69, 9.17) is 9.15 Å². The minimum Gasteiger partial charge on any atom is -0.459 e. The fraction of sp³-hybridized carbons (Fsp3) is 0.435. The van der Waals surface area contributed by atoms with Gasteiger partial charge in [0.15, 0.2) is 5.76 Å². The van der Waals surface area contributed by atoms with Gasteiger partial charge in [-0.05, 0) is 55.3 Å². The molecule has 0 radical (unpaired) electrons. The monoisotopic (exact) mass is 393 g/mol. The van der Waals surface area contributed by atoms with Crippen molar-refractivity contribution in [1.29, 1.82) is 0 Å². The third-order valence-electron chi connectivity index (χ3n) is 6.32. The fourth-order valence-corrected chi connectivity index (χ4v) is 4.69. The van der Waals surface area contributed by atoms with E-state index in [1.807, 2.05) is 0 Å². The Hall–Kier alpha value is -2.57. The third-order valence-corrected chi connectivity index (χ3v) is 6.32. The SMILES string of the molecule is O=C(NCC1CCC2(CCN(Cc3cc4ccccc4[nH]3)CC2)O1)c1ccco1.